The number of hydrogen-bond donors (Lipinski definition) is 0. The lowest BCUT2D eigenvalue weighted by Crippen LogP contribution is -2.15. The third-order valence-corrected chi connectivity index (χ3v) is 3.62. The topological polar surface area (TPSA) is 0 Å². The molecule has 12 heavy (non-hydrogen) atoms. The molecule has 0 radical (unpaired) electrons. The summed E-state index contributed by atoms with van der Waals surface area (Å²) in [6, 6.07) is 0. The van der Waals surface area contributed by atoms with E-state index in [1.807, 2.05) is 0 Å². The van der Waals surface area contributed by atoms with Crippen LogP contribution in [0.25, 0.3) is 0 Å². The monoisotopic (exact) mass is 164 g/mol. The minimum Gasteiger partial charge on any atom is -0.100 e. The summed E-state index contributed by atoms with van der Waals surface area (Å²) in [7, 11) is 0. The van der Waals surface area contributed by atoms with Crippen LogP contribution in [-0.4, -0.2) is 0 Å². The van der Waals surface area contributed by atoms with Gasteiger partial charge in [-0.25, -0.2) is 0 Å². The second-order valence-corrected chi connectivity index (χ2v) is 5.04. The molecule has 0 amide bonds. The molecule has 0 spiro atoms. The van der Waals surface area contributed by atoms with Gasteiger partial charge >= 0.3 is 0 Å². The summed E-state index contributed by atoms with van der Waals surface area (Å²) in [6.07, 6.45) is 8.90. The molecule has 2 aliphatic rings. The largest absolute Gasteiger partial charge is 0.100 e. The molecule has 2 fully saturated rings. The first-order valence-electron chi connectivity index (χ1n) is 5.38. The van der Waals surface area contributed by atoms with Gasteiger partial charge in [0.15, 0.2) is 0 Å². The van der Waals surface area contributed by atoms with Crippen molar-refractivity contribution >= 4 is 0 Å². The first-order valence-corrected chi connectivity index (χ1v) is 5.38. The van der Waals surface area contributed by atoms with E-state index in [9.17, 15) is 0 Å². The van der Waals surface area contributed by atoms with Crippen LogP contribution in [0.15, 0.2) is 12.2 Å². The lowest BCUT2D eigenvalue weighted by Gasteiger charge is -2.27. The summed E-state index contributed by atoms with van der Waals surface area (Å²) >= 11 is 0. The Labute approximate surface area is 76.1 Å². The van der Waals surface area contributed by atoms with E-state index in [2.05, 4.69) is 13.5 Å². The summed E-state index contributed by atoms with van der Waals surface area (Å²) in [6.45, 7) is 6.20. The molecule has 2 bridgehead atoms. The molecule has 0 aliphatic heterocycles. The lowest BCUT2D eigenvalue weighted by molar-refractivity contribution is 0.260. The summed E-state index contributed by atoms with van der Waals surface area (Å²) in [5.41, 5.74) is 1.39. The van der Waals surface area contributed by atoms with E-state index in [1.165, 1.54) is 37.7 Å². The Bertz CT molecular complexity index is 168. The second kappa shape index (κ2) is 3.24. The van der Waals surface area contributed by atoms with Gasteiger partial charge in [-0.15, -0.1) is 6.58 Å². The van der Waals surface area contributed by atoms with Gasteiger partial charge in [0, 0.05) is 0 Å². The van der Waals surface area contributed by atoms with Gasteiger partial charge in [0.25, 0.3) is 0 Å². The first-order chi connectivity index (χ1) is 5.74. The Balaban J connectivity index is 1.89. The van der Waals surface area contributed by atoms with Crippen molar-refractivity contribution in [2.45, 2.75) is 45.4 Å². The van der Waals surface area contributed by atoms with Gasteiger partial charge < -0.3 is 0 Å². The summed E-state index contributed by atoms with van der Waals surface area (Å²) in [5.74, 6) is 3.18. The molecule has 0 nitrogen and oxygen atoms in total. The van der Waals surface area contributed by atoms with Crippen molar-refractivity contribution in [3.63, 3.8) is 0 Å². The maximum absolute atomic E-state index is 4.02. The zero-order valence-electron chi connectivity index (χ0n) is 8.18. The van der Waals surface area contributed by atoms with Crippen LogP contribution in [0.1, 0.15) is 45.4 Å². The number of hydrogen-bond acceptors (Lipinski definition) is 0. The summed E-state index contributed by atoms with van der Waals surface area (Å²) in [5, 5.41) is 0. The highest BCUT2D eigenvalue weighted by Gasteiger charge is 2.33. The van der Waals surface area contributed by atoms with Gasteiger partial charge in [0.2, 0.25) is 0 Å². The fourth-order valence-electron chi connectivity index (χ4n) is 3.31. The highest BCUT2D eigenvalue weighted by molar-refractivity contribution is 4.94. The molecular weight excluding hydrogens is 144 g/mol. The standard InChI is InChI=1S/C12H20/c1-9(2)5-12-7-10-3-4-11(6-10)8-12/h10-12H,1,3-8H2,2H3. The number of fused-ring (bicyclic) bond motifs is 2. The van der Waals surface area contributed by atoms with Gasteiger partial charge in [0.1, 0.15) is 0 Å². The average molecular weight is 164 g/mol. The van der Waals surface area contributed by atoms with E-state index in [0.29, 0.717) is 0 Å². The van der Waals surface area contributed by atoms with Crippen molar-refractivity contribution in [2.75, 3.05) is 0 Å². The van der Waals surface area contributed by atoms with Gasteiger partial charge in [-0.05, 0) is 50.4 Å². The van der Waals surface area contributed by atoms with Crippen LogP contribution in [0.3, 0.4) is 0 Å². The van der Waals surface area contributed by atoms with E-state index in [0.717, 1.165) is 17.8 Å². The fraction of sp³-hybridized carbons (Fsp3) is 0.833. The Kier molecular flexibility index (Phi) is 2.25. The molecule has 0 heteroatoms. The van der Waals surface area contributed by atoms with Crippen LogP contribution < -0.4 is 0 Å². The van der Waals surface area contributed by atoms with Gasteiger partial charge in [-0.2, -0.15) is 0 Å². The van der Waals surface area contributed by atoms with E-state index in [4.69, 9.17) is 0 Å². The van der Waals surface area contributed by atoms with Crippen LogP contribution in [0.2, 0.25) is 0 Å². The molecule has 2 rings (SSSR count). The lowest BCUT2D eigenvalue weighted by atomic mass is 9.78. The highest BCUT2D eigenvalue weighted by Crippen LogP contribution is 2.46. The third kappa shape index (κ3) is 1.73. The molecule has 2 unspecified atom stereocenters. The molecular formula is C12H20. The van der Waals surface area contributed by atoms with Crippen molar-refractivity contribution in [3.05, 3.63) is 12.2 Å². The molecule has 0 N–H and O–H groups in total. The van der Waals surface area contributed by atoms with Crippen molar-refractivity contribution in [3.8, 4) is 0 Å². The molecule has 2 aliphatic carbocycles. The fourth-order valence-corrected chi connectivity index (χ4v) is 3.31. The van der Waals surface area contributed by atoms with E-state index >= 15 is 0 Å². The van der Waals surface area contributed by atoms with Crippen molar-refractivity contribution in [1.29, 1.82) is 0 Å². The molecule has 0 heterocycles. The van der Waals surface area contributed by atoms with Crippen LogP contribution in [0.4, 0.5) is 0 Å². The second-order valence-electron chi connectivity index (χ2n) is 5.04. The van der Waals surface area contributed by atoms with Crippen molar-refractivity contribution in [1.82, 2.24) is 0 Å². The van der Waals surface area contributed by atoms with Gasteiger partial charge in [-0.3, -0.25) is 0 Å². The predicted octanol–water partition coefficient (Wildman–Crippen LogP) is 3.78. The maximum atomic E-state index is 4.02. The minimum absolute atomic E-state index is 0.994. The maximum Gasteiger partial charge on any atom is -0.0297 e. The average Bonchev–Trinajstić information content (AvgIpc) is 2.29. The molecule has 68 valence electrons. The normalized spacial score (nSPS) is 39.9. The molecule has 0 saturated heterocycles. The molecule has 2 saturated carbocycles. The van der Waals surface area contributed by atoms with E-state index in [1.54, 1.807) is 6.42 Å². The van der Waals surface area contributed by atoms with Crippen LogP contribution >= 0.6 is 0 Å². The van der Waals surface area contributed by atoms with Crippen molar-refractivity contribution < 1.29 is 0 Å². The van der Waals surface area contributed by atoms with Gasteiger partial charge in [-0.1, -0.05) is 18.4 Å². The number of rotatable bonds is 2. The SMILES string of the molecule is C=C(C)CC1CC2CCC(C2)C1. The Morgan fingerprint density at radius 2 is 1.75 bits per heavy atom. The summed E-state index contributed by atoms with van der Waals surface area (Å²) < 4.78 is 0. The van der Waals surface area contributed by atoms with Gasteiger partial charge in [0.05, 0.1) is 0 Å². The van der Waals surface area contributed by atoms with E-state index in [-0.39, 0.29) is 0 Å². The molecule has 2 atom stereocenters. The highest BCUT2D eigenvalue weighted by atomic mass is 14.4. The zero-order chi connectivity index (χ0) is 8.55. The first kappa shape index (κ1) is 8.34. The minimum atomic E-state index is 0.994. The third-order valence-electron chi connectivity index (χ3n) is 3.62. The number of allylic oxidation sites excluding steroid dienone is 1. The van der Waals surface area contributed by atoms with E-state index < -0.39 is 0 Å². The molecule has 0 aromatic carbocycles. The Morgan fingerprint density at radius 1 is 1.17 bits per heavy atom. The van der Waals surface area contributed by atoms with Crippen LogP contribution in [-0.2, 0) is 0 Å². The Morgan fingerprint density at radius 3 is 2.25 bits per heavy atom. The zero-order valence-corrected chi connectivity index (χ0v) is 8.18. The smallest absolute Gasteiger partial charge is 0.0297 e. The summed E-state index contributed by atoms with van der Waals surface area (Å²) in [4.78, 5) is 0. The van der Waals surface area contributed by atoms with Crippen LogP contribution in [0.5, 0.6) is 0 Å². The van der Waals surface area contributed by atoms with Crippen molar-refractivity contribution in [2.24, 2.45) is 17.8 Å². The molecule has 0 aromatic rings. The van der Waals surface area contributed by atoms with Crippen LogP contribution in [0, 0.1) is 17.8 Å². The Hall–Kier alpha value is -0.260. The molecule has 0 aromatic heterocycles. The predicted molar refractivity (Wildman–Crippen MR) is 53.0 cm³/mol. The quantitative estimate of drug-likeness (QED) is 0.545.